The van der Waals surface area contributed by atoms with Gasteiger partial charge < -0.3 is 19.9 Å². The molecule has 2 N–H and O–H groups in total. The van der Waals surface area contributed by atoms with Crippen molar-refractivity contribution in [3.63, 3.8) is 0 Å². The van der Waals surface area contributed by atoms with Gasteiger partial charge in [-0.3, -0.25) is 0 Å². The average molecular weight is 315 g/mol. The maximum absolute atomic E-state index is 13.9. The van der Waals surface area contributed by atoms with Gasteiger partial charge in [-0.2, -0.15) is 0 Å². The first-order valence-corrected chi connectivity index (χ1v) is 6.74. The Kier molecular flexibility index (Phi) is 3.84. The molecule has 0 aliphatic heterocycles. The van der Waals surface area contributed by atoms with Gasteiger partial charge in [-0.05, 0) is 18.2 Å². The van der Waals surface area contributed by atoms with Gasteiger partial charge in [-0.25, -0.2) is 14.4 Å². The molecule has 0 spiro atoms. The zero-order valence-corrected chi connectivity index (χ0v) is 12.5. The van der Waals surface area contributed by atoms with Crippen LogP contribution >= 0.6 is 0 Å². The summed E-state index contributed by atoms with van der Waals surface area (Å²) in [6, 6.07) is 7.27. The number of methoxy groups -OCH3 is 2. The van der Waals surface area contributed by atoms with Gasteiger partial charge in [-0.15, -0.1) is 0 Å². The molecule has 3 rings (SSSR count). The molecule has 0 fully saturated rings. The van der Waals surface area contributed by atoms with E-state index in [9.17, 15) is 9.50 Å². The van der Waals surface area contributed by atoms with Crippen LogP contribution in [0.25, 0.3) is 10.9 Å². The number of rotatable bonds is 4. The van der Waals surface area contributed by atoms with E-state index in [1.165, 1.54) is 32.7 Å². The number of hydrogen-bond donors (Lipinski definition) is 2. The van der Waals surface area contributed by atoms with Crippen molar-refractivity contribution >= 4 is 22.4 Å². The zero-order valence-electron chi connectivity index (χ0n) is 12.5. The summed E-state index contributed by atoms with van der Waals surface area (Å²) in [4.78, 5) is 8.33. The monoisotopic (exact) mass is 315 g/mol. The Hall–Kier alpha value is -3.09. The molecule has 0 atom stereocenters. The molecule has 0 bridgehead atoms. The van der Waals surface area contributed by atoms with Crippen molar-refractivity contribution in [2.75, 3.05) is 19.5 Å². The third-order valence-corrected chi connectivity index (χ3v) is 3.35. The first-order chi connectivity index (χ1) is 11.1. The van der Waals surface area contributed by atoms with E-state index in [4.69, 9.17) is 9.47 Å². The van der Waals surface area contributed by atoms with Crippen LogP contribution in [0.4, 0.5) is 15.9 Å². The van der Waals surface area contributed by atoms with Gasteiger partial charge in [0.05, 0.1) is 25.4 Å². The van der Waals surface area contributed by atoms with Crippen LogP contribution in [-0.4, -0.2) is 29.3 Å². The number of nitrogens with zero attached hydrogens (tertiary/aromatic N) is 2. The number of anilines is 2. The topological polar surface area (TPSA) is 76.5 Å². The van der Waals surface area contributed by atoms with E-state index in [1.807, 2.05) is 0 Å². The van der Waals surface area contributed by atoms with Crippen LogP contribution < -0.4 is 14.8 Å². The first kappa shape index (κ1) is 14.8. The van der Waals surface area contributed by atoms with Crippen LogP contribution in [0.15, 0.2) is 36.7 Å². The van der Waals surface area contributed by atoms with Crippen molar-refractivity contribution in [3.8, 4) is 17.2 Å². The third-order valence-electron chi connectivity index (χ3n) is 3.35. The summed E-state index contributed by atoms with van der Waals surface area (Å²) in [5.41, 5.74) is 0.817. The second-order valence-corrected chi connectivity index (χ2v) is 4.74. The van der Waals surface area contributed by atoms with Crippen molar-refractivity contribution in [3.05, 3.63) is 42.5 Å². The van der Waals surface area contributed by atoms with Gasteiger partial charge in [0.25, 0.3) is 0 Å². The van der Waals surface area contributed by atoms with E-state index >= 15 is 0 Å². The predicted octanol–water partition coefficient (Wildman–Crippen LogP) is 3.24. The van der Waals surface area contributed by atoms with Gasteiger partial charge in [0.1, 0.15) is 23.7 Å². The lowest BCUT2D eigenvalue weighted by molar-refractivity contribution is 0.356. The molecule has 1 heterocycles. The molecule has 3 aromatic rings. The number of hydrogen-bond acceptors (Lipinski definition) is 6. The minimum atomic E-state index is -0.586. The van der Waals surface area contributed by atoms with Gasteiger partial charge in [-0.1, -0.05) is 0 Å². The Morgan fingerprint density at radius 3 is 2.48 bits per heavy atom. The first-order valence-electron chi connectivity index (χ1n) is 6.74. The van der Waals surface area contributed by atoms with E-state index in [1.54, 1.807) is 12.1 Å². The highest BCUT2D eigenvalue weighted by Gasteiger charge is 2.12. The smallest absolute Gasteiger partial charge is 0.162 e. The van der Waals surface area contributed by atoms with Gasteiger partial charge in [0.2, 0.25) is 0 Å². The van der Waals surface area contributed by atoms with Gasteiger partial charge in [0, 0.05) is 17.5 Å². The largest absolute Gasteiger partial charge is 0.508 e. The Morgan fingerprint density at radius 1 is 1.04 bits per heavy atom. The molecular weight excluding hydrogens is 301 g/mol. The quantitative estimate of drug-likeness (QED) is 0.720. The van der Waals surface area contributed by atoms with Crippen molar-refractivity contribution in [2.45, 2.75) is 0 Å². The SMILES string of the molecule is COc1cc2ncnc(Nc3ccc(O)cc3F)c2cc1OC. The maximum atomic E-state index is 13.9. The molecule has 23 heavy (non-hydrogen) atoms. The van der Waals surface area contributed by atoms with E-state index in [2.05, 4.69) is 15.3 Å². The lowest BCUT2D eigenvalue weighted by atomic mass is 10.2. The minimum absolute atomic E-state index is 0.146. The van der Waals surface area contributed by atoms with E-state index in [0.29, 0.717) is 28.2 Å². The molecule has 0 amide bonds. The maximum Gasteiger partial charge on any atom is 0.162 e. The Morgan fingerprint density at radius 2 is 1.78 bits per heavy atom. The summed E-state index contributed by atoms with van der Waals surface area (Å²) >= 11 is 0. The summed E-state index contributed by atoms with van der Waals surface area (Å²) in [5, 5.41) is 12.8. The molecule has 6 nitrogen and oxygen atoms in total. The molecule has 0 saturated heterocycles. The number of phenols is 1. The zero-order chi connectivity index (χ0) is 16.4. The van der Waals surface area contributed by atoms with Crippen LogP contribution in [0, 0.1) is 5.82 Å². The van der Waals surface area contributed by atoms with Crippen molar-refractivity contribution in [2.24, 2.45) is 0 Å². The number of nitrogens with one attached hydrogen (secondary N) is 1. The van der Waals surface area contributed by atoms with Crippen LogP contribution in [0.3, 0.4) is 0 Å². The highest BCUT2D eigenvalue weighted by molar-refractivity contribution is 5.93. The number of halogens is 1. The molecule has 7 heteroatoms. The van der Waals surface area contributed by atoms with Crippen molar-refractivity contribution in [1.29, 1.82) is 0 Å². The number of aromatic nitrogens is 2. The predicted molar refractivity (Wildman–Crippen MR) is 84.0 cm³/mol. The molecule has 0 radical (unpaired) electrons. The van der Waals surface area contributed by atoms with E-state index < -0.39 is 5.82 Å². The third kappa shape index (κ3) is 2.80. The lowest BCUT2D eigenvalue weighted by Gasteiger charge is -2.12. The standard InChI is InChI=1S/C16H14FN3O3/c1-22-14-6-10-13(7-15(14)23-2)18-8-19-16(10)20-12-4-3-9(21)5-11(12)17/h3-8,21H,1-2H3,(H,18,19,20). The molecule has 0 unspecified atom stereocenters. The second-order valence-electron chi connectivity index (χ2n) is 4.74. The fourth-order valence-corrected chi connectivity index (χ4v) is 2.22. The normalized spacial score (nSPS) is 10.6. The lowest BCUT2D eigenvalue weighted by Crippen LogP contribution is -1.99. The molecule has 2 aromatic carbocycles. The summed E-state index contributed by atoms with van der Waals surface area (Å²) in [7, 11) is 3.07. The number of benzene rings is 2. The summed E-state index contributed by atoms with van der Waals surface area (Å²) in [6.07, 6.45) is 1.37. The number of phenolic OH excluding ortho intramolecular Hbond substituents is 1. The summed E-state index contributed by atoms with van der Waals surface area (Å²) in [6.45, 7) is 0. The number of fused-ring (bicyclic) bond motifs is 1. The van der Waals surface area contributed by atoms with Gasteiger partial charge >= 0.3 is 0 Å². The molecule has 0 aliphatic carbocycles. The summed E-state index contributed by atoms with van der Waals surface area (Å²) < 4.78 is 24.4. The molecule has 1 aromatic heterocycles. The highest BCUT2D eigenvalue weighted by atomic mass is 19.1. The Balaban J connectivity index is 2.10. The van der Waals surface area contributed by atoms with Crippen LogP contribution in [0.1, 0.15) is 0 Å². The fraction of sp³-hybridized carbons (Fsp3) is 0.125. The highest BCUT2D eigenvalue weighted by Crippen LogP contribution is 2.34. The molecule has 0 aliphatic rings. The van der Waals surface area contributed by atoms with Crippen LogP contribution in [0.2, 0.25) is 0 Å². The molecule has 118 valence electrons. The Labute approximate surface area is 131 Å². The second kappa shape index (κ2) is 5.96. The Bertz CT molecular complexity index is 871. The average Bonchev–Trinajstić information content (AvgIpc) is 2.56. The van der Waals surface area contributed by atoms with Crippen LogP contribution in [-0.2, 0) is 0 Å². The fourth-order valence-electron chi connectivity index (χ4n) is 2.22. The summed E-state index contributed by atoms with van der Waals surface area (Å²) in [5.74, 6) is 0.745. The van der Waals surface area contributed by atoms with Crippen molar-refractivity contribution < 1.29 is 19.0 Å². The molecular formula is C16H14FN3O3. The van der Waals surface area contributed by atoms with E-state index in [0.717, 1.165) is 6.07 Å². The molecule has 0 saturated carbocycles. The van der Waals surface area contributed by atoms with E-state index in [-0.39, 0.29) is 11.4 Å². The van der Waals surface area contributed by atoms with Crippen LogP contribution in [0.5, 0.6) is 17.2 Å². The van der Waals surface area contributed by atoms with Gasteiger partial charge in [0.15, 0.2) is 11.5 Å². The minimum Gasteiger partial charge on any atom is -0.508 e. The number of aromatic hydroxyl groups is 1. The van der Waals surface area contributed by atoms with Crippen molar-refractivity contribution in [1.82, 2.24) is 9.97 Å². The number of ether oxygens (including phenoxy) is 2.